The summed E-state index contributed by atoms with van der Waals surface area (Å²) in [4.78, 5) is 0. The van der Waals surface area contributed by atoms with Crippen molar-refractivity contribution >= 4 is 27.5 Å². The van der Waals surface area contributed by atoms with E-state index in [4.69, 9.17) is 11.6 Å². The molecule has 0 radical (unpaired) electrons. The Balaban J connectivity index is 2.45. The van der Waals surface area contributed by atoms with Crippen molar-refractivity contribution in [1.29, 1.82) is 0 Å². The average molecular weight is 375 g/mol. The molecule has 0 spiro atoms. The van der Waals surface area contributed by atoms with Crippen LogP contribution in [0.4, 0.5) is 8.78 Å². The molecule has 0 aromatic heterocycles. The summed E-state index contributed by atoms with van der Waals surface area (Å²) in [5.41, 5.74) is 1.24. The lowest BCUT2D eigenvalue weighted by atomic mass is 9.98. The third kappa shape index (κ3) is 4.02. The van der Waals surface area contributed by atoms with Gasteiger partial charge in [-0.2, -0.15) is 0 Å². The van der Waals surface area contributed by atoms with Crippen LogP contribution >= 0.6 is 27.5 Å². The maximum absolute atomic E-state index is 14.3. The van der Waals surface area contributed by atoms with Gasteiger partial charge in [-0.1, -0.05) is 30.7 Å². The number of hydrogen-bond donors (Lipinski definition) is 1. The summed E-state index contributed by atoms with van der Waals surface area (Å²) >= 11 is 9.28. The second kappa shape index (κ2) is 7.34. The smallest absolute Gasteiger partial charge is 0.129 e. The summed E-state index contributed by atoms with van der Waals surface area (Å²) < 4.78 is 27.9. The zero-order chi connectivity index (χ0) is 15.4. The minimum absolute atomic E-state index is 0.317. The van der Waals surface area contributed by atoms with Crippen LogP contribution in [0, 0.1) is 11.6 Å². The molecule has 0 heterocycles. The van der Waals surface area contributed by atoms with E-state index < -0.39 is 0 Å². The van der Waals surface area contributed by atoms with E-state index in [0.29, 0.717) is 15.1 Å². The molecule has 1 unspecified atom stereocenters. The predicted octanol–water partition coefficient (Wildman–Crippen LogP) is 5.47. The summed E-state index contributed by atoms with van der Waals surface area (Å²) in [7, 11) is 0. The van der Waals surface area contributed by atoms with Crippen LogP contribution < -0.4 is 5.32 Å². The molecule has 0 bridgehead atoms. The quantitative estimate of drug-likeness (QED) is 0.684. The first kappa shape index (κ1) is 16.4. The first-order valence-corrected chi connectivity index (χ1v) is 7.83. The predicted molar refractivity (Wildman–Crippen MR) is 85.6 cm³/mol. The van der Waals surface area contributed by atoms with Crippen molar-refractivity contribution in [3.63, 3.8) is 0 Å². The lowest BCUT2D eigenvalue weighted by Crippen LogP contribution is -2.24. The maximum atomic E-state index is 14.3. The highest BCUT2D eigenvalue weighted by molar-refractivity contribution is 9.10. The van der Waals surface area contributed by atoms with Gasteiger partial charge in [0.05, 0.1) is 11.1 Å². The molecular formula is C16H15BrClF2N. The Labute approximate surface area is 136 Å². The zero-order valence-electron chi connectivity index (χ0n) is 11.5. The normalized spacial score (nSPS) is 12.4. The minimum Gasteiger partial charge on any atom is -0.306 e. The van der Waals surface area contributed by atoms with Crippen LogP contribution in [0.3, 0.4) is 0 Å². The van der Waals surface area contributed by atoms with E-state index >= 15 is 0 Å². The maximum Gasteiger partial charge on any atom is 0.129 e. The molecule has 0 aliphatic carbocycles. The molecule has 0 amide bonds. The van der Waals surface area contributed by atoms with Gasteiger partial charge >= 0.3 is 0 Å². The van der Waals surface area contributed by atoms with Crippen LogP contribution in [0.1, 0.15) is 30.5 Å². The van der Waals surface area contributed by atoms with Crippen LogP contribution in [-0.2, 0) is 0 Å². The average Bonchev–Trinajstić information content (AvgIpc) is 2.46. The first-order chi connectivity index (χ1) is 10.0. The van der Waals surface area contributed by atoms with Gasteiger partial charge in [0.25, 0.3) is 0 Å². The topological polar surface area (TPSA) is 12.0 Å². The standard InChI is InChI=1S/C16H15BrClF2N/c1-2-7-21-16(10-3-5-11(19)6-4-10)12-8-14(18)13(17)9-15(12)20/h3-6,8-9,16,21H,2,7H2,1H3. The van der Waals surface area contributed by atoms with Crippen LogP contribution in [0.2, 0.25) is 5.02 Å². The van der Waals surface area contributed by atoms with Crippen molar-refractivity contribution in [2.24, 2.45) is 0 Å². The molecule has 112 valence electrons. The molecule has 5 heteroatoms. The van der Waals surface area contributed by atoms with Crippen LogP contribution in [0.25, 0.3) is 0 Å². The lowest BCUT2D eigenvalue weighted by molar-refractivity contribution is 0.545. The van der Waals surface area contributed by atoms with E-state index in [9.17, 15) is 8.78 Å². The van der Waals surface area contributed by atoms with Crippen molar-refractivity contribution < 1.29 is 8.78 Å². The molecule has 0 aliphatic rings. The third-order valence-corrected chi connectivity index (χ3v) is 4.35. The molecule has 1 N–H and O–H groups in total. The molecule has 0 aliphatic heterocycles. The fourth-order valence-electron chi connectivity index (χ4n) is 2.11. The molecule has 21 heavy (non-hydrogen) atoms. The molecule has 0 fully saturated rings. The highest BCUT2D eigenvalue weighted by Gasteiger charge is 2.19. The Morgan fingerprint density at radius 1 is 1.19 bits per heavy atom. The number of rotatable bonds is 5. The van der Waals surface area contributed by atoms with Gasteiger partial charge in [-0.15, -0.1) is 0 Å². The third-order valence-electron chi connectivity index (χ3n) is 3.15. The van der Waals surface area contributed by atoms with Gasteiger partial charge < -0.3 is 5.32 Å². The summed E-state index contributed by atoms with van der Waals surface area (Å²) in [5, 5.41) is 3.71. The molecular weight excluding hydrogens is 360 g/mol. The Morgan fingerprint density at radius 2 is 1.86 bits per heavy atom. The van der Waals surface area contributed by atoms with Crippen molar-refractivity contribution in [1.82, 2.24) is 5.32 Å². The fraction of sp³-hybridized carbons (Fsp3) is 0.250. The lowest BCUT2D eigenvalue weighted by Gasteiger charge is -2.21. The Bertz CT molecular complexity index is 616. The fourth-order valence-corrected chi connectivity index (χ4v) is 2.60. The Hall–Kier alpha value is -0.970. The molecule has 0 saturated carbocycles. The van der Waals surface area contributed by atoms with Crippen molar-refractivity contribution in [2.45, 2.75) is 19.4 Å². The van der Waals surface area contributed by atoms with Crippen molar-refractivity contribution in [3.8, 4) is 0 Å². The van der Waals surface area contributed by atoms with Gasteiger partial charge in [-0.3, -0.25) is 0 Å². The number of benzene rings is 2. The number of hydrogen-bond acceptors (Lipinski definition) is 1. The summed E-state index contributed by atoms with van der Waals surface area (Å²) in [6.45, 7) is 2.74. The Kier molecular flexibility index (Phi) is 5.73. The van der Waals surface area contributed by atoms with Crippen LogP contribution in [-0.4, -0.2) is 6.54 Å². The minimum atomic E-state index is -0.365. The molecule has 2 rings (SSSR count). The Morgan fingerprint density at radius 3 is 2.48 bits per heavy atom. The first-order valence-electron chi connectivity index (χ1n) is 6.66. The monoisotopic (exact) mass is 373 g/mol. The molecule has 1 nitrogen and oxygen atoms in total. The molecule has 1 atom stereocenters. The van der Waals surface area contributed by atoms with Gasteiger partial charge in [0.2, 0.25) is 0 Å². The molecule has 2 aromatic carbocycles. The van der Waals surface area contributed by atoms with Crippen LogP contribution in [0.5, 0.6) is 0 Å². The van der Waals surface area contributed by atoms with E-state index in [1.807, 2.05) is 6.92 Å². The number of halogens is 4. The largest absolute Gasteiger partial charge is 0.306 e. The van der Waals surface area contributed by atoms with Crippen LogP contribution in [0.15, 0.2) is 40.9 Å². The van der Waals surface area contributed by atoms with Gasteiger partial charge in [0.15, 0.2) is 0 Å². The van der Waals surface area contributed by atoms with Gasteiger partial charge in [-0.25, -0.2) is 8.78 Å². The zero-order valence-corrected chi connectivity index (χ0v) is 13.8. The highest BCUT2D eigenvalue weighted by atomic mass is 79.9. The second-order valence-electron chi connectivity index (χ2n) is 4.73. The second-order valence-corrected chi connectivity index (χ2v) is 5.99. The summed E-state index contributed by atoms with van der Waals surface area (Å²) in [5.74, 6) is -0.675. The SMILES string of the molecule is CCCNC(c1ccc(F)cc1)c1cc(Cl)c(Br)cc1F. The van der Waals surface area contributed by atoms with E-state index in [2.05, 4.69) is 21.2 Å². The van der Waals surface area contributed by atoms with E-state index in [-0.39, 0.29) is 17.7 Å². The molecule has 0 saturated heterocycles. The summed E-state index contributed by atoms with van der Waals surface area (Å²) in [6.07, 6.45) is 0.906. The van der Waals surface area contributed by atoms with Crippen molar-refractivity contribution in [3.05, 3.63) is 68.7 Å². The highest BCUT2D eigenvalue weighted by Crippen LogP contribution is 2.31. The van der Waals surface area contributed by atoms with E-state index in [1.54, 1.807) is 18.2 Å². The van der Waals surface area contributed by atoms with Gasteiger partial charge in [-0.05, 0) is 58.7 Å². The van der Waals surface area contributed by atoms with E-state index in [1.165, 1.54) is 18.2 Å². The van der Waals surface area contributed by atoms with Gasteiger partial charge in [0, 0.05) is 10.0 Å². The van der Waals surface area contributed by atoms with Crippen molar-refractivity contribution in [2.75, 3.05) is 6.54 Å². The summed E-state index contributed by atoms with van der Waals surface area (Å²) in [6, 6.07) is 8.62. The van der Waals surface area contributed by atoms with Gasteiger partial charge in [0.1, 0.15) is 11.6 Å². The van der Waals surface area contributed by atoms with E-state index in [0.717, 1.165) is 18.5 Å². The molecule has 2 aromatic rings. The number of nitrogens with one attached hydrogen (secondary N) is 1.